The van der Waals surface area contributed by atoms with E-state index >= 15 is 4.39 Å². The molecule has 0 saturated heterocycles. The molecule has 0 radical (unpaired) electrons. The molecule has 0 atom stereocenters. The smallest absolute Gasteiger partial charge is 0.403 e. The van der Waals surface area contributed by atoms with E-state index in [1.807, 2.05) is 6.07 Å². The van der Waals surface area contributed by atoms with E-state index in [9.17, 15) is 17.6 Å². The van der Waals surface area contributed by atoms with Crippen LogP contribution in [-0.2, 0) is 19.3 Å². The van der Waals surface area contributed by atoms with Gasteiger partial charge in [0.1, 0.15) is 5.82 Å². The van der Waals surface area contributed by atoms with Crippen LogP contribution < -0.4 is 4.74 Å². The molecule has 0 unspecified atom stereocenters. The van der Waals surface area contributed by atoms with Crippen LogP contribution >= 0.6 is 0 Å². The molecule has 0 bridgehead atoms. The van der Waals surface area contributed by atoms with Crippen molar-refractivity contribution in [1.82, 2.24) is 0 Å². The summed E-state index contributed by atoms with van der Waals surface area (Å²) in [5.41, 5.74) is 5.55. The molecule has 1 nitrogen and oxygen atoms in total. The van der Waals surface area contributed by atoms with Gasteiger partial charge in [-0.25, -0.2) is 8.78 Å². The molecule has 0 amide bonds. The molecule has 0 aromatic heterocycles. The van der Waals surface area contributed by atoms with Gasteiger partial charge in [0.2, 0.25) is 0 Å². The van der Waals surface area contributed by atoms with Gasteiger partial charge in [0.25, 0.3) is 0 Å². The van der Waals surface area contributed by atoms with Gasteiger partial charge in [-0.2, -0.15) is 0 Å². The van der Waals surface area contributed by atoms with E-state index in [2.05, 4.69) is 23.8 Å². The van der Waals surface area contributed by atoms with Crippen LogP contribution in [0.3, 0.4) is 0 Å². The number of fused-ring (bicyclic) bond motifs is 3. The van der Waals surface area contributed by atoms with Crippen LogP contribution in [0.5, 0.6) is 5.75 Å². The Kier molecular flexibility index (Phi) is 6.73. The zero-order chi connectivity index (χ0) is 23.6. The molecule has 1 aliphatic rings. The molecule has 0 aliphatic heterocycles. The van der Waals surface area contributed by atoms with Crippen molar-refractivity contribution in [3.8, 4) is 28.0 Å². The van der Waals surface area contributed by atoms with Crippen LogP contribution in [0.4, 0.5) is 22.0 Å². The van der Waals surface area contributed by atoms with E-state index in [1.54, 1.807) is 6.07 Å². The minimum atomic E-state index is -5.00. The van der Waals surface area contributed by atoms with Crippen LogP contribution in [0.25, 0.3) is 22.3 Å². The van der Waals surface area contributed by atoms with Gasteiger partial charge in [0.15, 0.2) is 11.6 Å². The highest BCUT2D eigenvalue weighted by molar-refractivity contribution is 5.78. The van der Waals surface area contributed by atoms with Crippen molar-refractivity contribution < 1.29 is 26.7 Å². The summed E-state index contributed by atoms with van der Waals surface area (Å²) >= 11 is 0. The molecule has 0 spiro atoms. The van der Waals surface area contributed by atoms with E-state index in [0.717, 1.165) is 48.1 Å². The van der Waals surface area contributed by atoms with Crippen molar-refractivity contribution in [3.05, 3.63) is 76.9 Å². The third-order valence-electron chi connectivity index (χ3n) is 6.10. The lowest BCUT2D eigenvalue weighted by molar-refractivity contribution is -0.275. The number of unbranched alkanes of at least 4 members (excludes halogenated alkanes) is 3. The average Bonchev–Trinajstić information content (AvgIpc) is 2.76. The molecular weight excluding hydrogens is 435 g/mol. The maximum absolute atomic E-state index is 15.0. The highest BCUT2D eigenvalue weighted by atomic mass is 19.4. The zero-order valence-electron chi connectivity index (χ0n) is 18.4. The molecule has 33 heavy (non-hydrogen) atoms. The van der Waals surface area contributed by atoms with Gasteiger partial charge in [0.05, 0.1) is 0 Å². The number of rotatable bonds is 7. The number of hydrogen-bond acceptors (Lipinski definition) is 1. The molecular formula is C27H25F5O. The second kappa shape index (κ2) is 9.54. The molecule has 174 valence electrons. The van der Waals surface area contributed by atoms with Crippen LogP contribution in [0.2, 0.25) is 0 Å². The van der Waals surface area contributed by atoms with Crippen molar-refractivity contribution in [3.63, 3.8) is 0 Å². The number of hydrogen-bond donors (Lipinski definition) is 0. The second-order valence-corrected chi connectivity index (χ2v) is 8.48. The van der Waals surface area contributed by atoms with Gasteiger partial charge in [-0.05, 0) is 83.3 Å². The first-order chi connectivity index (χ1) is 15.7. The normalized spacial score (nSPS) is 12.9. The number of benzene rings is 3. The van der Waals surface area contributed by atoms with E-state index in [1.165, 1.54) is 42.5 Å². The van der Waals surface area contributed by atoms with Crippen molar-refractivity contribution in [2.24, 2.45) is 0 Å². The maximum Gasteiger partial charge on any atom is 0.573 e. The number of alkyl halides is 3. The fraction of sp³-hybridized carbons (Fsp3) is 0.333. The largest absolute Gasteiger partial charge is 0.573 e. The molecule has 0 N–H and O–H groups in total. The summed E-state index contributed by atoms with van der Waals surface area (Å²) in [5.74, 6) is -2.68. The van der Waals surface area contributed by atoms with Gasteiger partial charge >= 0.3 is 6.36 Å². The first-order valence-electron chi connectivity index (χ1n) is 11.3. The Balaban J connectivity index is 1.60. The maximum atomic E-state index is 15.0. The molecule has 0 fully saturated rings. The third-order valence-corrected chi connectivity index (χ3v) is 6.10. The average molecular weight is 460 g/mol. The van der Waals surface area contributed by atoms with Crippen LogP contribution in [0, 0.1) is 11.6 Å². The zero-order valence-corrected chi connectivity index (χ0v) is 18.4. The lowest BCUT2D eigenvalue weighted by Gasteiger charge is -2.22. The third kappa shape index (κ3) is 5.37. The number of halogens is 5. The molecule has 0 heterocycles. The molecule has 3 aromatic rings. The van der Waals surface area contributed by atoms with Crippen molar-refractivity contribution >= 4 is 0 Å². The van der Waals surface area contributed by atoms with Crippen molar-refractivity contribution in [2.45, 2.75) is 58.2 Å². The van der Waals surface area contributed by atoms with Crippen molar-refractivity contribution in [2.75, 3.05) is 0 Å². The first-order valence-corrected chi connectivity index (χ1v) is 11.3. The summed E-state index contributed by atoms with van der Waals surface area (Å²) in [5, 5.41) is 0. The quantitative estimate of drug-likeness (QED) is 0.254. The summed E-state index contributed by atoms with van der Waals surface area (Å²) in [6.45, 7) is 2.19. The summed E-state index contributed by atoms with van der Waals surface area (Å²) in [6.07, 6.45) is 2.39. The molecule has 6 heteroatoms. The lowest BCUT2D eigenvalue weighted by atomic mass is 9.83. The van der Waals surface area contributed by atoms with Crippen molar-refractivity contribution in [1.29, 1.82) is 0 Å². The van der Waals surface area contributed by atoms with Crippen LogP contribution in [0.1, 0.15) is 49.3 Å². The Morgan fingerprint density at radius 2 is 1.52 bits per heavy atom. The van der Waals surface area contributed by atoms with Gasteiger partial charge < -0.3 is 4.74 Å². The summed E-state index contributed by atoms with van der Waals surface area (Å²) < 4.78 is 70.0. The fourth-order valence-corrected chi connectivity index (χ4v) is 4.47. The standard InChI is InChI=1S/C27H25F5O/c1-2-3-4-5-6-17-7-11-21-18(13-17)8-9-19-14-23(24(28)16-22(19)21)20-10-12-26(25(29)15-20)33-27(30,31)32/h7,10-16H,2-6,8-9H2,1H3. The molecule has 0 saturated carbocycles. The Labute approximate surface area is 190 Å². The SMILES string of the molecule is CCCCCCc1ccc2c(c1)CCc1cc(-c3ccc(OC(F)(F)F)c(F)c3)c(F)cc1-2. The minimum Gasteiger partial charge on any atom is -0.403 e. The topological polar surface area (TPSA) is 9.23 Å². The first kappa shape index (κ1) is 23.3. The van der Waals surface area contributed by atoms with Gasteiger partial charge in [-0.15, -0.1) is 13.2 Å². The monoisotopic (exact) mass is 460 g/mol. The summed E-state index contributed by atoms with van der Waals surface area (Å²) in [6, 6.07) is 12.4. The van der Waals surface area contributed by atoms with Gasteiger partial charge in [0, 0.05) is 5.56 Å². The Morgan fingerprint density at radius 3 is 2.21 bits per heavy atom. The van der Waals surface area contributed by atoms with Crippen LogP contribution in [-0.4, -0.2) is 6.36 Å². The van der Waals surface area contributed by atoms with E-state index in [-0.39, 0.29) is 11.1 Å². The van der Waals surface area contributed by atoms with E-state index in [4.69, 9.17) is 0 Å². The summed E-state index contributed by atoms with van der Waals surface area (Å²) in [7, 11) is 0. The van der Waals surface area contributed by atoms with E-state index in [0.29, 0.717) is 6.42 Å². The van der Waals surface area contributed by atoms with Gasteiger partial charge in [-0.1, -0.05) is 50.5 Å². The molecule has 4 rings (SSSR count). The lowest BCUT2D eigenvalue weighted by Crippen LogP contribution is -2.17. The van der Waals surface area contributed by atoms with E-state index < -0.39 is 23.7 Å². The summed E-state index contributed by atoms with van der Waals surface area (Å²) in [4.78, 5) is 0. The Hall–Kier alpha value is -2.89. The number of ether oxygens (including phenoxy) is 1. The molecule has 3 aromatic carbocycles. The fourth-order valence-electron chi connectivity index (χ4n) is 4.47. The Bertz CT molecular complexity index is 1150. The highest BCUT2D eigenvalue weighted by Crippen LogP contribution is 2.39. The predicted octanol–water partition coefficient (Wildman–Crippen LogP) is 8.42. The Morgan fingerprint density at radius 1 is 0.758 bits per heavy atom. The molecule has 1 aliphatic carbocycles. The second-order valence-electron chi connectivity index (χ2n) is 8.48. The van der Waals surface area contributed by atoms with Crippen LogP contribution in [0.15, 0.2) is 48.5 Å². The van der Waals surface area contributed by atoms with Gasteiger partial charge in [-0.3, -0.25) is 0 Å². The predicted molar refractivity (Wildman–Crippen MR) is 119 cm³/mol. The minimum absolute atomic E-state index is 0.155. The highest BCUT2D eigenvalue weighted by Gasteiger charge is 2.32. The number of aryl methyl sites for hydroxylation is 3.